The van der Waals surface area contributed by atoms with Crippen molar-refractivity contribution in [2.75, 3.05) is 33.2 Å². The molecule has 41 heavy (non-hydrogen) atoms. The van der Waals surface area contributed by atoms with Crippen molar-refractivity contribution < 1.29 is 40.5 Å². The highest BCUT2D eigenvalue weighted by atomic mass is 79.9. The van der Waals surface area contributed by atoms with Crippen molar-refractivity contribution in [3.05, 3.63) is 0 Å². The van der Waals surface area contributed by atoms with Crippen LogP contribution in [0.15, 0.2) is 0 Å². The molecule has 0 N–H and O–H groups in total. The minimum Gasteiger partial charge on any atom is -1.00 e. The van der Waals surface area contributed by atoms with Crippen LogP contribution in [0.25, 0.3) is 0 Å². The summed E-state index contributed by atoms with van der Waals surface area (Å²) in [5.41, 5.74) is 0.377. The zero-order chi connectivity index (χ0) is 28.3. The van der Waals surface area contributed by atoms with Crippen molar-refractivity contribution in [1.82, 2.24) is 4.90 Å². The Morgan fingerprint density at radius 3 is 2.12 bits per heavy atom. The topological polar surface area (TPSA) is 55.8 Å². The first-order valence-corrected chi connectivity index (χ1v) is 17.0. The van der Waals surface area contributed by atoms with Gasteiger partial charge in [0.2, 0.25) is 0 Å². The third-order valence-corrected chi connectivity index (χ3v) is 13.7. The van der Waals surface area contributed by atoms with Gasteiger partial charge in [-0.25, -0.2) is 0 Å². The second-order valence-corrected chi connectivity index (χ2v) is 15.8. The third kappa shape index (κ3) is 5.56. The SMILES string of the molecule is CC(=O)O[C@H]1CC2CC[C@H]3[C@@H]4C[C@H]([N+]5(C)CCCCC5)[C@H](OC(C)=O)[C@@]4(C)CC[C@@H]3[C@@]2(C)C[C@@H]1N1CCCCC1.[Br-]. The van der Waals surface area contributed by atoms with Crippen LogP contribution in [0.4, 0.5) is 0 Å². The van der Waals surface area contributed by atoms with Gasteiger partial charge in [-0.15, -0.1) is 0 Å². The van der Waals surface area contributed by atoms with Crippen molar-refractivity contribution in [2.24, 2.45) is 34.5 Å². The standard InChI is InChI=1S/C34H57N2O4.BrH/c1-23(37)39-31-20-25-12-13-26-27(34(25,4)22-29(31)35-16-8-6-9-17-35)14-15-33(3)28(26)21-30(32(33)40-24(2)38)36(5)18-10-7-11-19-36;/h25-32H,6-22H2,1-5H3;1H/q+1;/p-1/t25?,26-,27+,28+,29+,30+,31+,32+,33+,34+;/m1./s1. The van der Waals surface area contributed by atoms with E-state index < -0.39 is 0 Å². The van der Waals surface area contributed by atoms with Crippen molar-refractivity contribution in [3.63, 3.8) is 0 Å². The Morgan fingerprint density at radius 1 is 0.805 bits per heavy atom. The normalized spacial score (nSPS) is 45.8. The van der Waals surface area contributed by atoms with Crippen molar-refractivity contribution in [1.29, 1.82) is 0 Å². The fraction of sp³-hybridized carbons (Fsp3) is 0.941. The Bertz CT molecular complexity index is 964. The molecule has 7 heteroatoms. The van der Waals surface area contributed by atoms with Gasteiger partial charge in [-0.1, -0.05) is 20.3 Å². The van der Waals surface area contributed by atoms with Gasteiger partial charge in [0.1, 0.15) is 12.1 Å². The number of hydrogen-bond acceptors (Lipinski definition) is 5. The number of quaternary nitrogens is 1. The maximum Gasteiger partial charge on any atom is 0.303 e. The molecule has 0 bridgehead atoms. The van der Waals surface area contributed by atoms with E-state index in [1.54, 1.807) is 13.8 Å². The number of piperidine rings is 2. The number of esters is 2. The van der Waals surface area contributed by atoms with Crippen molar-refractivity contribution in [2.45, 2.75) is 135 Å². The molecule has 2 aliphatic heterocycles. The predicted octanol–water partition coefficient (Wildman–Crippen LogP) is 2.97. The third-order valence-electron chi connectivity index (χ3n) is 13.7. The highest BCUT2D eigenvalue weighted by Crippen LogP contribution is 2.67. The molecule has 0 aromatic heterocycles. The predicted molar refractivity (Wildman–Crippen MR) is 156 cm³/mol. The molecule has 6 rings (SSSR count). The summed E-state index contributed by atoms with van der Waals surface area (Å²) in [6.07, 6.45) is 16.3. The van der Waals surface area contributed by atoms with Crippen LogP contribution in [0.2, 0.25) is 0 Å². The van der Waals surface area contributed by atoms with E-state index in [0.29, 0.717) is 35.3 Å². The summed E-state index contributed by atoms with van der Waals surface area (Å²) in [6.45, 7) is 13.1. The summed E-state index contributed by atoms with van der Waals surface area (Å²) in [5, 5.41) is 0. The zero-order valence-electron chi connectivity index (χ0n) is 26.5. The van der Waals surface area contributed by atoms with Gasteiger partial charge >= 0.3 is 11.9 Å². The van der Waals surface area contributed by atoms with E-state index in [4.69, 9.17) is 9.47 Å². The lowest BCUT2D eigenvalue weighted by Gasteiger charge is -2.62. The number of ether oxygens (including phenoxy) is 2. The number of carbonyl (C=O) groups is 2. The minimum absolute atomic E-state index is 0. The molecule has 2 heterocycles. The molecule has 4 aliphatic carbocycles. The highest BCUT2D eigenvalue weighted by molar-refractivity contribution is 5.66. The summed E-state index contributed by atoms with van der Waals surface area (Å²) < 4.78 is 13.5. The molecule has 0 spiro atoms. The molecular weight excluding hydrogens is 580 g/mol. The van der Waals surface area contributed by atoms with Crippen LogP contribution >= 0.6 is 0 Å². The van der Waals surface area contributed by atoms with Crippen LogP contribution in [0.1, 0.15) is 111 Å². The van der Waals surface area contributed by atoms with Crippen molar-refractivity contribution >= 4 is 11.9 Å². The molecule has 234 valence electrons. The zero-order valence-corrected chi connectivity index (χ0v) is 28.1. The second-order valence-electron chi connectivity index (χ2n) is 15.8. The number of likely N-dealkylation sites (tertiary alicyclic amines) is 2. The number of nitrogens with zero attached hydrogens (tertiary/aromatic N) is 2. The quantitative estimate of drug-likeness (QED) is 0.351. The van der Waals surface area contributed by atoms with E-state index in [2.05, 4.69) is 25.8 Å². The molecule has 10 atom stereocenters. The molecular formula is C34H57BrN2O4. The van der Waals surface area contributed by atoms with Gasteiger partial charge in [0.15, 0.2) is 6.10 Å². The molecule has 0 radical (unpaired) electrons. The second kappa shape index (κ2) is 12.0. The number of rotatable bonds is 4. The minimum atomic E-state index is -0.111. The van der Waals surface area contributed by atoms with Crippen LogP contribution < -0.4 is 17.0 Å². The van der Waals surface area contributed by atoms with E-state index >= 15 is 0 Å². The van der Waals surface area contributed by atoms with Crippen molar-refractivity contribution in [3.8, 4) is 0 Å². The average Bonchev–Trinajstić information content (AvgIpc) is 3.21. The molecule has 1 unspecified atom stereocenters. The van der Waals surface area contributed by atoms with Gasteiger partial charge in [-0.2, -0.15) is 0 Å². The number of carbonyl (C=O) groups excluding carboxylic acids is 2. The summed E-state index contributed by atoms with van der Waals surface area (Å²) in [7, 11) is 2.47. The fourth-order valence-corrected chi connectivity index (χ4v) is 11.7. The van der Waals surface area contributed by atoms with Gasteiger partial charge in [0, 0.05) is 31.7 Å². The lowest BCUT2D eigenvalue weighted by atomic mass is 9.44. The maximum absolute atomic E-state index is 12.5. The van der Waals surface area contributed by atoms with Gasteiger partial charge < -0.3 is 30.9 Å². The van der Waals surface area contributed by atoms with Crippen LogP contribution in [0.5, 0.6) is 0 Å². The molecule has 2 saturated heterocycles. The summed E-state index contributed by atoms with van der Waals surface area (Å²) in [5.74, 6) is 2.50. The van der Waals surface area contributed by atoms with Gasteiger partial charge in [-0.3, -0.25) is 14.5 Å². The Hall–Kier alpha value is -0.660. The highest BCUT2D eigenvalue weighted by Gasteiger charge is 2.67. The first-order valence-electron chi connectivity index (χ1n) is 17.0. The Balaban J connectivity index is 0.00000337. The molecule has 0 amide bonds. The maximum atomic E-state index is 12.5. The summed E-state index contributed by atoms with van der Waals surface area (Å²) in [6, 6.07) is 0.796. The van der Waals surface area contributed by atoms with Crippen LogP contribution in [-0.2, 0) is 19.1 Å². The summed E-state index contributed by atoms with van der Waals surface area (Å²) in [4.78, 5) is 27.4. The van der Waals surface area contributed by atoms with E-state index in [1.165, 1.54) is 90.1 Å². The summed E-state index contributed by atoms with van der Waals surface area (Å²) >= 11 is 0. The van der Waals surface area contributed by atoms with E-state index in [-0.39, 0.29) is 46.5 Å². The number of fused-ring (bicyclic) bond motifs is 5. The lowest BCUT2D eigenvalue weighted by Crippen LogP contribution is -3.00. The Kier molecular flexibility index (Phi) is 9.32. The monoisotopic (exact) mass is 636 g/mol. The fourth-order valence-electron chi connectivity index (χ4n) is 11.7. The van der Waals surface area contributed by atoms with Crippen LogP contribution in [0.3, 0.4) is 0 Å². The molecule has 6 fully saturated rings. The molecule has 0 aromatic rings. The molecule has 6 aliphatic rings. The van der Waals surface area contributed by atoms with Gasteiger partial charge in [-0.05, 0) is 113 Å². The largest absolute Gasteiger partial charge is 1.00 e. The lowest BCUT2D eigenvalue weighted by molar-refractivity contribution is -0.940. The number of hydrogen-bond donors (Lipinski definition) is 0. The van der Waals surface area contributed by atoms with Gasteiger partial charge in [0.25, 0.3) is 0 Å². The Labute approximate surface area is 260 Å². The van der Waals surface area contributed by atoms with E-state index in [1.807, 2.05) is 0 Å². The first kappa shape index (κ1) is 31.8. The molecule has 4 saturated carbocycles. The van der Waals surface area contributed by atoms with Crippen LogP contribution in [0, 0.1) is 34.5 Å². The molecule has 0 aromatic carbocycles. The molecule has 6 nitrogen and oxygen atoms in total. The number of halogens is 1. The van der Waals surface area contributed by atoms with E-state index in [9.17, 15) is 9.59 Å². The van der Waals surface area contributed by atoms with Crippen LogP contribution in [-0.4, -0.2) is 78.8 Å². The smallest absolute Gasteiger partial charge is 0.303 e. The Morgan fingerprint density at radius 2 is 1.46 bits per heavy atom. The first-order chi connectivity index (χ1) is 19.0. The number of likely N-dealkylation sites (N-methyl/N-ethyl adjacent to an activating group) is 1. The van der Waals surface area contributed by atoms with Gasteiger partial charge in [0.05, 0.1) is 20.1 Å². The van der Waals surface area contributed by atoms with E-state index in [0.717, 1.165) is 29.9 Å². The average molecular weight is 638 g/mol.